The smallest absolute Gasteiger partial charge is 0.253 e. The van der Waals surface area contributed by atoms with Gasteiger partial charge in [0.15, 0.2) is 0 Å². The number of nitrogens with zero attached hydrogens (tertiary/aromatic N) is 2. The lowest BCUT2D eigenvalue weighted by atomic mass is 9.95. The molecule has 1 fully saturated rings. The maximum Gasteiger partial charge on any atom is 0.253 e. The summed E-state index contributed by atoms with van der Waals surface area (Å²) in [6.07, 6.45) is 2.31. The fourth-order valence-corrected chi connectivity index (χ4v) is 4.07. The van der Waals surface area contributed by atoms with Gasteiger partial charge in [0.2, 0.25) is 5.91 Å². The van der Waals surface area contributed by atoms with Crippen LogP contribution < -0.4 is 5.32 Å². The zero-order chi connectivity index (χ0) is 21.5. The highest BCUT2D eigenvalue weighted by molar-refractivity contribution is 9.10. The highest BCUT2D eigenvalue weighted by Gasteiger charge is 2.28. The molecule has 5 nitrogen and oxygen atoms in total. The Morgan fingerprint density at radius 2 is 1.70 bits per heavy atom. The van der Waals surface area contributed by atoms with Crippen molar-refractivity contribution in [3.8, 4) is 0 Å². The van der Waals surface area contributed by atoms with Crippen molar-refractivity contribution >= 4 is 27.7 Å². The minimum absolute atomic E-state index is 0.0292. The number of carbonyl (C=O) groups excluding carboxylic acids is 2. The van der Waals surface area contributed by atoms with Crippen molar-refractivity contribution < 1.29 is 9.59 Å². The maximum absolute atomic E-state index is 12.7. The topological polar surface area (TPSA) is 52.7 Å². The van der Waals surface area contributed by atoms with Crippen LogP contribution in [0.4, 0.5) is 0 Å². The number of likely N-dealkylation sites (N-methyl/N-ethyl adjacent to an activating group) is 1. The number of amides is 2. The maximum atomic E-state index is 12.7. The van der Waals surface area contributed by atoms with Crippen LogP contribution in [0.15, 0.2) is 59.1 Å². The number of piperidine rings is 1. The first-order valence-corrected chi connectivity index (χ1v) is 11.3. The predicted octanol–water partition coefficient (Wildman–Crippen LogP) is 3.59. The number of hydrogen-bond acceptors (Lipinski definition) is 3. The molecule has 1 aliphatic heterocycles. The number of rotatable bonds is 7. The second-order valence-electron chi connectivity index (χ2n) is 8.13. The van der Waals surface area contributed by atoms with E-state index in [1.165, 1.54) is 5.56 Å². The van der Waals surface area contributed by atoms with Crippen LogP contribution in [0.2, 0.25) is 0 Å². The SMILES string of the molecule is CN(C)C(CNC(=O)C1CCN(C(=O)c2ccc(Br)cc2)CC1)Cc1ccccc1. The number of nitrogens with one attached hydrogen (secondary N) is 1. The summed E-state index contributed by atoms with van der Waals surface area (Å²) in [5.41, 5.74) is 1.96. The van der Waals surface area contributed by atoms with Gasteiger partial charge in [0, 0.05) is 41.6 Å². The third-order valence-electron chi connectivity index (χ3n) is 5.80. The number of halogens is 1. The number of carbonyl (C=O) groups is 2. The molecule has 0 spiro atoms. The molecule has 2 aromatic carbocycles. The van der Waals surface area contributed by atoms with Crippen LogP contribution in [0.25, 0.3) is 0 Å². The van der Waals surface area contributed by atoms with E-state index in [4.69, 9.17) is 0 Å². The highest BCUT2D eigenvalue weighted by atomic mass is 79.9. The summed E-state index contributed by atoms with van der Waals surface area (Å²) >= 11 is 3.39. The van der Waals surface area contributed by atoms with Crippen LogP contribution in [-0.2, 0) is 11.2 Å². The largest absolute Gasteiger partial charge is 0.354 e. The summed E-state index contributed by atoms with van der Waals surface area (Å²) in [7, 11) is 4.10. The van der Waals surface area contributed by atoms with Gasteiger partial charge in [0.25, 0.3) is 5.91 Å². The predicted molar refractivity (Wildman–Crippen MR) is 123 cm³/mol. The Hall–Kier alpha value is -2.18. The Morgan fingerprint density at radius 3 is 2.30 bits per heavy atom. The van der Waals surface area contributed by atoms with E-state index in [1.54, 1.807) is 0 Å². The molecule has 0 aliphatic carbocycles. The van der Waals surface area contributed by atoms with Gasteiger partial charge in [-0.05, 0) is 63.2 Å². The third-order valence-corrected chi connectivity index (χ3v) is 6.33. The van der Waals surface area contributed by atoms with Crippen LogP contribution in [0.5, 0.6) is 0 Å². The molecule has 6 heteroatoms. The molecular formula is C24H30BrN3O2. The molecule has 1 saturated heterocycles. The summed E-state index contributed by atoms with van der Waals surface area (Å²) in [5.74, 6) is 0.112. The number of hydrogen-bond donors (Lipinski definition) is 1. The van der Waals surface area contributed by atoms with E-state index in [0.717, 1.165) is 10.9 Å². The zero-order valence-electron chi connectivity index (χ0n) is 17.7. The number of benzene rings is 2. The first-order chi connectivity index (χ1) is 14.4. The minimum atomic E-state index is -0.0292. The van der Waals surface area contributed by atoms with Gasteiger partial charge in [-0.25, -0.2) is 0 Å². The second kappa shape index (κ2) is 10.7. The van der Waals surface area contributed by atoms with Crippen LogP contribution in [0.1, 0.15) is 28.8 Å². The van der Waals surface area contributed by atoms with Gasteiger partial charge in [-0.2, -0.15) is 0 Å². The van der Waals surface area contributed by atoms with E-state index in [9.17, 15) is 9.59 Å². The van der Waals surface area contributed by atoms with Crippen molar-refractivity contribution in [3.63, 3.8) is 0 Å². The molecule has 1 aliphatic rings. The van der Waals surface area contributed by atoms with Crippen LogP contribution in [-0.4, -0.2) is 61.4 Å². The molecule has 0 aromatic heterocycles. The average molecular weight is 472 g/mol. The molecule has 1 atom stereocenters. The van der Waals surface area contributed by atoms with Gasteiger partial charge in [-0.3, -0.25) is 9.59 Å². The summed E-state index contributed by atoms with van der Waals surface area (Å²) < 4.78 is 0.956. The molecule has 160 valence electrons. The van der Waals surface area contributed by atoms with Gasteiger partial charge in [0.05, 0.1) is 0 Å². The molecule has 3 rings (SSSR count). The minimum Gasteiger partial charge on any atom is -0.354 e. The highest BCUT2D eigenvalue weighted by Crippen LogP contribution is 2.20. The quantitative estimate of drug-likeness (QED) is 0.670. The van der Waals surface area contributed by atoms with Gasteiger partial charge in [-0.1, -0.05) is 46.3 Å². The Bertz CT molecular complexity index is 831. The first-order valence-electron chi connectivity index (χ1n) is 10.5. The third kappa shape index (κ3) is 6.16. The zero-order valence-corrected chi connectivity index (χ0v) is 19.3. The Kier molecular flexibility index (Phi) is 8.05. The summed E-state index contributed by atoms with van der Waals surface area (Å²) in [5, 5.41) is 3.15. The Balaban J connectivity index is 1.47. The lowest BCUT2D eigenvalue weighted by molar-refractivity contribution is -0.126. The van der Waals surface area contributed by atoms with Crippen molar-refractivity contribution in [1.82, 2.24) is 15.1 Å². The van der Waals surface area contributed by atoms with Crippen molar-refractivity contribution in [2.45, 2.75) is 25.3 Å². The average Bonchev–Trinajstić information content (AvgIpc) is 2.77. The van der Waals surface area contributed by atoms with E-state index in [0.29, 0.717) is 38.0 Å². The molecule has 2 amide bonds. The first kappa shape index (κ1) is 22.5. The molecule has 2 aromatic rings. The van der Waals surface area contributed by atoms with Crippen molar-refractivity contribution in [2.75, 3.05) is 33.7 Å². The van der Waals surface area contributed by atoms with Crippen LogP contribution in [0.3, 0.4) is 0 Å². The molecule has 1 heterocycles. The van der Waals surface area contributed by atoms with Gasteiger partial charge < -0.3 is 15.1 Å². The van der Waals surface area contributed by atoms with Crippen molar-refractivity contribution in [1.29, 1.82) is 0 Å². The number of likely N-dealkylation sites (tertiary alicyclic amines) is 1. The van der Waals surface area contributed by atoms with Gasteiger partial charge in [-0.15, -0.1) is 0 Å². The molecule has 0 radical (unpaired) electrons. The lowest BCUT2D eigenvalue weighted by Crippen LogP contribution is -2.46. The molecular weight excluding hydrogens is 442 g/mol. The summed E-state index contributed by atoms with van der Waals surface area (Å²) in [6.45, 7) is 1.86. The molecule has 1 unspecified atom stereocenters. The van der Waals surface area contributed by atoms with Gasteiger partial charge in [0.1, 0.15) is 0 Å². The fraction of sp³-hybridized carbons (Fsp3) is 0.417. The van der Waals surface area contributed by atoms with Gasteiger partial charge >= 0.3 is 0 Å². The van der Waals surface area contributed by atoms with Crippen molar-refractivity contribution in [3.05, 3.63) is 70.2 Å². The molecule has 0 saturated carbocycles. The van der Waals surface area contributed by atoms with E-state index in [-0.39, 0.29) is 23.8 Å². The Morgan fingerprint density at radius 1 is 1.07 bits per heavy atom. The van der Waals surface area contributed by atoms with Crippen molar-refractivity contribution in [2.24, 2.45) is 5.92 Å². The van der Waals surface area contributed by atoms with E-state index < -0.39 is 0 Å². The summed E-state index contributed by atoms with van der Waals surface area (Å²) in [4.78, 5) is 29.4. The molecule has 0 bridgehead atoms. The van der Waals surface area contributed by atoms with E-state index in [1.807, 2.05) is 61.5 Å². The standard InChI is InChI=1S/C24H30BrN3O2/c1-27(2)22(16-18-6-4-3-5-7-18)17-26-23(29)19-12-14-28(15-13-19)24(30)20-8-10-21(25)11-9-20/h3-11,19,22H,12-17H2,1-2H3,(H,26,29). The molecule has 1 N–H and O–H groups in total. The fourth-order valence-electron chi connectivity index (χ4n) is 3.81. The van der Waals surface area contributed by atoms with E-state index >= 15 is 0 Å². The monoisotopic (exact) mass is 471 g/mol. The normalized spacial score (nSPS) is 15.8. The Labute approximate surface area is 187 Å². The second-order valence-corrected chi connectivity index (χ2v) is 9.04. The van der Waals surface area contributed by atoms with Crippen LogP contribution >= 0.6 is 15.9 Å². The lowest BCUT2D eigenvalue weighted by Gasteiger charge is -2.32. The van der Waals surface area contributed by atoms with Crippen LogP contribution in [0, 0.1) is 5.92 Å². The van der Waals surface area contributed by atoms with E-state index in [2.05, 4.69) is 38.3 Å². The molecule has 30 heavy (non-hydrogen) atoms. The summed E-state index contributed by atoms with van der Waals surface area (Å²) in [6, 6.07) is 18.0.